The molecular formula is C25H22N4O3. The van der Waals surface area contributed by atoms with E-state index in [-0.39, 0.29) is 6.61 Å². The smallest absolute Gasteiger partial charge is 0.340 e. The molecule has 0 saturated heterocycles. The molecule has 0 spiro atoms. The summed E-state index contributed by atoms with van der Waals surface area (Å²) in [4.78, 5) is 16.9. The minimum Gasteiger partial charge on any atom is -0.467 e. The number of nitrogens with one attached hydrogen (secondary N) is 1. The summed E-state index contributed by atoms with van der Waals surface area (Å²) in [5, 5.41) is 9.34. The molecule has 7 nitrogen and oxygen atoms in total. The molecule has 0 aliphatic carbocycles. The van der Waals surface area contributed by atoms with Crippen LogP contribution in [0.2, 0.25) is 0 Å². The van der Waals surface area contributed by atoms with Gasteiger partial charge in [-0.3, -0.25) is 0 Å². The van der Waals surface area contributed by atoms with Gasteiger partial charge in [0.25, 0.3) is 0 Å². The maximum absolute atomic E-state index is 12.5. The van der Waals surface area contributed by atoms with Gasteiger partial charge in [0.05, 0.1) is 43.0 Å². The van der Waals surface area contributed by atoms with Crippen molar-refractivity contribution in [3.05, 3.63) is 83.4 Å². The normalized spacial score (nSPS) is 10.5. The minimum absolute atomic E-state index is 0.287. The number of nitriles is 1. The van der Waals surface area contributed by atoms with E-state index in [1.165, 1.54) is 7.11 Å². The van der Waals surface area contributed by atoms with Gasteiger partial charge in [-0.2, -0.15) is 10.2 Å². The second kappa shape index (κ2) is 9.23. The van der Waals surface area contributed by atoms with E-state index in [1.807, 2.05) is 54.6 Å². The van der Waals surface area contributed by atoms with E-state index in [0.717, 1.165) is 16.7 Å². The van der Waals surface area contributed by atoms with Gasteiger partial charge in [-0.15, -0.1) is 0 Å². The summed E-state index contributed by atoms with van der Waals surface area (Å²) < 4.78 is 12.3. The Morgan fingerprint density at radius 2 is 1.88 bits per heavy atom. The summed E-state index contributed by atoms with van der Waals surface area (Å²) in [5.74, 6) is -0.413. The highest BCUT2D eigenvalue weighted by atomic mass is 16.5. The fraction of sp³-hybridized carbons (Fsp3) is 0.160. The average molecular weight is 426 g/mol. The van der Waals surface area contributed by atoms with Crippen molar-refractivity contribution in [1.29, 1.82) is 5.26 Å². The average Bonchev–Trinajstić information content (AvgIpc) is 3.21. The molecule has 0 saturated carbocycles. The van der Waals surface area contributed by atoms with Gasteiger partial charge in [0.2, 0.25) is 0 Å². The highest BCUT2D eigenvalue weighted by Crippen LogP contribution is 2.26. The number of aromatic nitrogens is 2. The summed E-state index contributed by atoms with van der Waals surface area (Å²) in [5.41, 5.74) is 8.46. The van der Waals surface area contributed by atoms with Crippen LogP contribution in [0.3, 0.4) is 0 Å². The molecule has 0 amide bonds. The van der Waals surface area contributed by atoms with Crippen LogP contribution in [0.1, 0.15) is 28.4 Å². The lowest BCUT2D eigenvalue weighted by molar-refractivity contribution is 0.0528. The van der Waals surface area contributed by atoms with Crippen LogP contribution in [0.5, 0.6) is 6.01 Å². The van der Waals surface area contributed by atoms with Crippen LogP contribution in [0, 0.1) is 11.3 Å². The number of carbonyl (C=O) groups excluding carboxylic acids is 1. The fourth-order valence-electron chi connectivity index (χ4n) is 3.57. The van der Waals surface area contributed by atoms with Crippen LogP contribution in [0.4, 0.5) is 0 Å². The molecule has 0 bridgehead atoms. The van der Waals surface area contributed by atoms with Crippen molar-refractivity contribution in [2.45, 2.75) is 13.5 Å². The third kappa shape index (κ3) is 3.98. The Morgan fingerprint density at radius 3 is 2.59 bits per heavy atom. The van der Waals surface area contributed by atoms with E-state index in [9.17, 15) is 10.1 Å². The van der Waals surface area contributed by atoms with E-state index in [2.05, 4.69) is 16.5 Å². The Labute approximate surface area is 185 Å². The molecular weight excluding hydrogens is 404 g/mol. The maximum Gasteiger partial charge on any atom is 0.340 e. The molecule has 4 aromatic rings. The van der Waals surface area contributed by atoms with Crippen LogP contribution in [0.25, 0.3) is 22.2 Å². The van der Waals surface area contributed by atoms with Crippen molar-refractivity contribution >= 4 is 17.0 Å². The summed E-state index contributed by atoms with van der Waals surface area (Å²) in [6.45, 7) is 2.53. The van der Waals surface area contributed by atoms with Gasteiger partial charge < -0.3 is 14.9 Å². The van der Waals surface area contributed by atoms with Crippen molar-refractivity contribution in [3.8, 4) is 23.2 Å². The summed E-state index contributed by atoms with van der Waals surface area (Å²) >= 11 is 0. The predicted molar refractivity (Wildman–Crippen MR) is 122 cm³/mol. The van der Waals surface area contributed by atoms with E-state index < -0.39 is 5.97 Å². The zero-order valence-electron chi connectivity index (χ0n) is 17.8. The second-order valence-corrected chi connectivity index (χ2v) is 7.02. The SMILES string of the molecule is CCOC(=O)c1cccc2nc(OC)n(NCc3ccc(-c4ccccc4C#N)cc3)c12. The Hall–Kier alpha value is -4.31. The number of rotatable bonds is 7. The number of esters is 1. The molecule has 4 rings (SSSR count). The van der Waals surface area contributed by atoms with Gasteiger partial charge in [0, 0.05) is 0 Å². The molecule has 1 aromatic heterocycles. The minimum atomic E-state index is -0.413. The summed E-state index contributed by atoms with van der Waals surface area (Å²) in [6, 6.07) is 23.4. The highest BCUT2D eigenvalue weighted by Gasteiger charge is 2.19. The van der Waals surface area contributed by atoms with Crippen LogP contribution in [-0.2, 0) is 11.3 Å². The number of hydrogen-bond donors (Lipinski definition) is 1. The lowest BCUT2D eigenvalue weighted by Gasteiger charge is -2.13. The van der Waals surface area contributed by atoms with E-state index in [0.29, 0.717) is 34.7 Å². The predicted octanol–water partition coefficient (Wildman–Crippen LogP) is 4.50. The van der Waals surface area contributed by atoms with Crippen molar-refractivity contribution in [3.63, 3.8) is 0 Å². The molecule has 0 radical (unpaired) electrons. The molecule has 1 N–H and O–H groups in total. The molecule has 7 heteroatoms. The number of nitrogens with zero attached hydrogens (tertiary/aromatic N) is 3. The Balaban J connectivity index is 1.62. The first-order valence-electron chi connectivity index (χ1n) is 10.2. The lowest BCUT2D eigenvalue weighted by atomic mass is 9.99. The van der Waals surface area contributed by atoms with Crippen molar-refractivity contribution in [1.82, 2.24) is 9.66 Å². The number of hydrogen-bond acceptors (Lipinski definition) is 6. The van der Waals surface area contributed by atoms with Crippen LogP contribution >= 0.6 is 0 Å². The number of fused-ring (bicyclic) bond motifs is 1. The molecule has 0 fully saturated rings. The number of benzene rings is 3. The number of para-hydroxylation sites is 1. The van der Waals surface area contributed by atoms with Crippen molar-refractivity contribution in [2.75, 3.05) is 19.1 Å². The Kier molecular flexibility index (Phi) is 6.04. The number of carbonyl (C=O) groups is 1. The Morgan fingerprint density at radius 1 is 1.09 bits per heavy atom. The molecule has 0 aliphatic heterocycles. The second-order valence-electron chi connectivity index (χ2n) is 7.02. The molecule has 1 heterocycles. The van der Waals surface area contributed by atoms with Crippen LogP contribution in [0.15, 0.2) is 66.7 Å². The zero-order chi connectivity index (χ0) is 22.5. The van der Waals surface area contributed by atoms with Crippen LogP contribution in [-0.4, -0.2) is 29.3 Å². The molecule has 32 heavy (non-hydrogen) atoms. The van der Waals surface area contributed by atoms with Crippen LogP contribution < -0.4 is 10.2 Å². The number of imidazole rings is 1. The van der Waals surface area contributed by atoms with E-state index in [1.54, 1.807) is 23.7 Å². The van der Waals surface area contributed by atoms with E-state index in [4.69, 9.17) is 9.47 Å². The van der Waals surface area contributed by atoms with Gasteiger partial charge in [0.15, 0.2) is 0 Å². The zero-order valence-corrected chi connectivity index (χ0v) is 17.8. The monoisotopic (exact) mass is 426 g/mol. The fourth-order valence-corrected chi connectivity index (χ4v) is 3.57. The third-order valence-electron chi connectivity index (χ3n) is 5.08. The molecule has 0 unspecified atom stereocenters. The first kappa shape index (κ1) is 20.9. The number of ether oxygens (including phenoxy) is 2. The quantitative estimate of drug-likeness (QED) is 0.438. The van der Waals surface area contributed by atoms with E-state index >= 15 is 0 Å². The first-order chi connectivity index (χ1) is 15.7. The Bertz CT molecular complexity index is 1300. The summed E-state index contributed by atoms with van der Waals surface area (Å²) in [7, 11) is 1.53. The summed E-state index contributed by atoms with van der Waals surface area (Å²) in [6.07, 6.45) is 0. The van der Waals surface area contributed by atoms with Crippen molar-refractivity contribution < 1.29 is 14.3 Å². The molecule has 3 aromatic carbocycles. The molecule has 0 aliphatic rings. The highest BCUT2D eigenvalue weighted by molar-refractivity contribution is 6.02. The van der Waals surface area contributed by atoms with Gasteiger partial charge in [-0.1, -0.05) is 48.5 Å². The van der Waals surface area contributed by atoms with Gasteiger partial charge in [-0.05, 0) is 41.8 Å². The molecule has 160 valence electrons. The third-order valence-corrected chi connectivity index (χ3v) is 5.08. The lowest BCUT2D eigenvalue weighted by Crippen LogP contribution is -2.17. The van der Waals surface area contributed by atoms with Gasteiger partial charge in [-0.25, -0.2) is 9.47 Å². The first-order valence-corrected chi connectivity index (χ1v) is 10.2. The van der Waals surface area contributed by atoms with Gasteiger partial charge in [0.1, 0.15) is 5.52 Å². The van der Waals surface area contributed by atoms with Gasteiger partial charge >= 0.3 is 12.0 Å². The molecule has 0 atom stereocenters. The standard InChI is InChI=1S/C25H22N4O3/c1-3-32-24(30)21-9-6-10-22-23(21)29(25(28-22)31-2)27-16-17-11-13-18(14-12-17)20-8-5-4-7-19(20)15-26/h4-14,27H,3,16H2,1-2H3. The largest absolute Gasteiger partial charge is 0.467 e. The topological polar surface area (TPSA) is 89.2 Å². The van der Waals surface area contributed by atoms with Crippen molar-refractivity contribution in [2.24, 2.45) is 0 Å². The maximum atomic E-state index is 12.5. The number of methoxy groups -OCH3 is 1.